The molecule has 0 aromatic heterocycles. The van der Waals surface area contributed by atoms with Crippen molar-refractivity contribution in [1.29, 1.82) is 0 Å². The summed E-state index contributed by atoms with van der Waals surface area (Å²) in [6.07, 6.45) is -15.6. The lowest BCUT2D eigenvalue weighted by Crippen LogP contribution is -2.65. The van der Waals surface area contributed by atoms with Crippen molar-refractivity contribution in [2.45, 2.75) is 36.6 Å². The average Bonchev–Trinajstić information content (AvgIpc) is 2.39. The summed E-state index contributed by atoms with van der Waals surface area (Å²) in [7, 11) is -22.1. The molecule has 1 aliphatic rings. The summed E-state index contributed by atoms with van der Waals surface area (Å²) in [6.45, 7) is 0. The Labute approximate surface area is 155 Å². The Balaban J connectivity index is 3.45. The highest BCUT2D eigenvalue weighted by molar-refractivity contribution is 7.53. The second kappa shape index (κ2) is 8.94. The summed E-state index contributed by atoms with van der Waals surface area (Å²) >= 11 is 0. The fourth-order valence-electron chi connectivity index (χ4n) is 2.28. The lowest BCUT2D eigenvalue weighted by Gasteiger charge is -2.44. The van der Waals surface area contributed by atoms with Gasteiger partial charge in [0, 0.05) is 0 Å². The largest absolute Gasteiger partial charge is 0.567 e. The fourth-order valence-corrected chi connectivity index (χ4v) is 4.54. The lowest BCUT2D eigenvalue weighted by atomic mass is 9.85. The SMILES string of the molecule is O=P(O)(O)OC1C(O)C(OP(=O)(O)O)C(O[P+](O)(O)O)C(O)C1OP(=O)(O)O. The molecule has 168 valence electrons. The Hall–Kier alpha value is 0.520. The van der Waals surface area contributed by atoms with Crippen LogP contribution in [0.25, 0.3) is 0 Å². The van der Waals surface area contributed by atoms with Gasteiger partial charge < -0.3 is 39.6 Å². The molecule has 0 amide bonds. The maximum atomic E-state index is 11.1. The molecule has 6 atom stereocenters. The standard InChI is InChI=1S/C6H16O18P4/c7-1-3(21-25(9,10)11)5(23-27(15,16)17)2(8)6(24-28(18,19)20)4(1)22-26(12,13)14/h1-11H,(H5-,12,13,14,15,16,17,18,19,20)/p+1. The Kier molecular flexibility index (Phi) is 8.48. The monoisotopic (exact) mass is 501 g/mol. The van der Waals surface area contributed by atoms with Gasteiger partial charge in [-0.15, -0.1) is 4.52 Å². The van der Waals surface area contributed by atoms with Gasteiger partial charge in [0.05, 0.1) is 0 Å². The second-order valence-electron chi connectivity index (χ2n) is 5.25. The highest BCUT2D eigenvalue weighted by Crippen LogP contribution is 2.54. The third kappa shape index (κ3) is 8.71. The lowest BCUT2D eigenvalue weighted by molar-refractivity contribution is -0.210. The van der Waals surface area contributed by atoms with Crippen LogP contribution in [0, 0.1) is 0 Å². The first-order valence-electron chi connectivity index (χ1n) is 6.54. The van der Waals surface area contributed by atoms with Crippen molar-refractivity contribution in [3.05, 3.63) is 0 Å². The molecule has 0 heterocycles. The van der Waals surface area contributed by atoms with Crippen LogP contribution < -0.4 is 0 Å². The predicted molar refractivity (Wildman–Crippen MR) is 81.2 cm³/mol. The van der Waals surface area contributed by atoms with E-state index in [0.717, 1.165) is 0 Å². The number of aliphatic hydroxyl groups is 2. The molecule has 0 radical (unpaired) electrons. The normalized spacial score (nSPS) is 33.1. The zero-order valence-electron chi connectivity index (χ0n) is 13.0. The van der Waals surface area contributed by atoms with Crippen LogP contribution in [0.3, 0.4) is 0 Å². The van der Waals surface area contributed by atoms with Crippen LogP contribution in [0.2, 0.25) is 0 Å². The molecule has 1 saturated carbocycles. The first-order valence-corrected chi connectivity index (χ1v) is 12.7. The minimum absolute atomic E-state index is 2.55. The molecule has 6 unspecified atom stereocenters. The van der Waals surface area contributed by atoms with Crippen LogP contribution in [-0.4, -0.2) is 90.9 Å². The van der Waals surface area contributed by atoms with Gasteiger partial charge in [-0.05, 0) is 0 Å². The van der Waals surface area contributed by atoms with E-state index in [0.29, 0.717) is 0 Å². The molecule has 0 aliphatic heterocycles. The molecule has 0 bridgehead atoms. The Morgan fingerprint density at radius 2 is 0.821 bits per heavy atom. The van der Waals surface area contributed by atoms with Gasteiger partial charge >= 0.3 is 31.6 Å². The van der Waals surface area contributed by atoms with Gasteiger partial charge in [-0.3, -0.25) is 13.6 Å². The average molecular weight is 501 g/mol. The molecular weight excluding hydrogens is 484 g/mol. The van der Waals surface area contributed by atoms with Gasteiger partial charge in [-0.1, -0.05) is 0 Å². The molecule has 11 N–H and O–H groups in total. The number of aliphatic hydroxyl groups excluding tert-OH is 2. The van der Waals surface area contributed by atoms with E-state index in [1.807, 2.05) is 0 Å². The number of hydrogen-bond acceptors (Lipinski definition) is 12. The van der Waals surface area contributed by atoms with Crippen molar-refractivity contribution in [1.82, 2.24) is 0 Å². The Morgan fingerprint density at radius 3 is 1.07 bits per heavy atom. The van der Waals surface area contributed by atoms with E-state index < -0.39 is 68.3 Å². The van der Waals surface area contributed by atoms with Gasteiger partial charge in [-0.25, -0.2) is 13.7 Å². The summed E-state index contributed by atoms with van der Waals surface area (Å²) in [5.41, 5.74) is 0. The van der Waals surface area contributed by atoms with Crippen molar-refractivity contribution < 1.29 is 86.0 Å². The topological polar surface area (TPSA) is 311 Å². The smallest absolute Gasteiger partial charge is 0.387 e. The van der Waals surface area contributed by atoms with E-state index in [2.05, 4.69) is 18.1 Å². The maximum absolute atomic E-state index is 11.1. The quantitative estimate of drug-likeness (QED) is 0.142. The third-order valence-corrected chi connectivity index (χ3v) is 5.11. The summed E-state index contributed by atoms with van der Waals surface area (Å²) < 4.78 is 49.5. The van der Waals surface area contributed by atoms with Gasteiger partial charge in [0.2, 0.25) is 0 Å². The van der Waals surface area contributed by atoms with Crippen molar-refractivity contribution in [2.24, 2.45) is 0 Å². The van der Waals surface area contributed by atoms with E-state index >= 15 is 0 Å². The number of rotatable bonds is 8. The van der Waals surface area contributed by atoms with Crippen molar-refractivity contribution >= 4 is 31.6 Å². The van der Waals surface area contributed by atoms with Gasteiger partial charge in [0.1, 0.15) is 30.5 Å². The zero-order chi connectivity index (χ0) is 22.3. The predicted octanol–water partition coefficient (Wildman–Crippen LogP) is -3.80. The summed E-state index contributed by atoms with van der Waals surface area (Å²) in [4.78, 5) is 80.1. The molecule has 18 nitrogen and oxygen atoms in total. The van der Waals surface area contributed by atoms with E-state index in [9.17, 15) is 23.9 Å². The maximum Gasteiger partial charge on any atom is 0.567 e. The first-order chi connectivity index (χ1) is 12.2. The molecule has 1 fully saturated rings. The molecule has 1 aliphatic carbocycles. The van der Waals surface area contributed by atoms with Crippen molar-refractivity contribution in [2.75, 3.05) is 0 Å². The van der Waals surface area contributed by atoms with Crippen molar-refractivity contribution in [3.8, 4) is 0 Å². The van der Waals surface area contributed by atoms with Crippen LogP contribution in [0.1, 0.15) is 0 Å². The molecule has 0 aromatic rings. The van der Waals surface area contributed by atoms with Gasteiger partial charge in [-0.2, -0.15) is 14.7 Å². The molecule has 0 saturated heterocycles. The molecule has 28 heavy (non-hydrogen) atoms. The summed E-state index contributed by atoms with van der Waals surface area (Å²) in [5.74, 6) is 0. The van der Waals surface area contributed by atoms with E-state index in [1.165, 1.54) is 0 Å². The van der Waals surface area contributed by atoms with E-state index in [4.69, 9.17) is 44.0 Å². The molecule has 0 spiro atoms. The van der Waals surface area contributed by atoms with E-state index in [1.54, 1.807) is 0 Å². The van der Waals surface area contributed by atoms with Crippen LogP contribution in [0.5, 0.6) is 0 Å². The highest BCUT2D eigenvalue weighted by Gasteiger charge is 2.60. The highest BCUT2D eigenvalue weighted by atomic mass is 31.2. The molecule has 22 heteroatoms. The van der Waals surface area contributed by atoms with Crippen molar-refractivity contribution in [3.63, 3.8) is 0 Å². The minimum Gasteiger partial charge on any atom is -0.387 e. The third-order valence-electron chi connectivity index (χ3n) is 3.03. The minimum atomic E-state index is -5.58. The Bertz CT molecular complexity index is 670. The summed E-state index contributed by atoms with van der Waals surface area (Å²) in [5, 5.41) is 20.2. The molecule has 0 aromatic carbocycles. The van der Waals surface area contributed by atoms with Gasteiger partial charge in [0.15, 0.2) is 6.10 Å². The zero-order valence-corrected chi connectivity index (χ0v) is 16.6. The number of hydrogen-bond donors (Lipinski definition) is 11. The van der Waals surface area contributed by atoms with Crippen LogP contribution in [0.4, 0.5) is 0 Å². The summed E-state index contributed by atoms with van der Waals surface area (Å²) in [6, 6.07) is 0. The Morgan fingerprint density at radius 1 is 0.571 bits per heavy atom. The molecular formula is C6H17O18P4+. The molecule has 1 rings (SSSR count). The number of phosphoric acid groups is 3. The second-order valence-corrected chi connectivity index (χ2v) is 10.1. The first kappa shape index (κ1) is 26.6. The number of phosphoric ester groups is 3. The van der Waals surface area contributed by atoms with Crippen LogP contribution >= 0.6 is 31.6 Å². The van der Waals surface area contributed by atoms with Crippen LogP contribution in [-0.2, 0) is 31.8 Å². The van der Waals surface area contributed by atoms with Gasteiger partial charge in [0.25, 0.3) is 0 Å². The van der Waals surface area contributed by atoms with Crippen LogP contribution in [0.15, 0.2) is 0 Å². The van der Waals surface area contributed by atoms with E-state index in [-0.39, 0.29) is 0 Å². The fraction of sp³-hybridized carbons (Fsp3) is 1.00.